The number of H-pyrrole nitrogens is 1. The lowest BCUT2D eigenvalue weighted by atomic mass is 10.1. The number of nitrogens with zero attached hydrogens (tertiary/aromatic N) is 2. The van der Waals surface area contributed by atoms with E-state index in [-0.39, 0.29) is 6.61 Å². The second-order valence-corrected chi connectivity index (χ2v) is 5.78. The highest BCUT2D eigenvalue weighted by molar-refractivity contribution is 5.99. The number of carbonyl (C=O) groups is 1. The van der Waals surface area contributed by atoms with Crippen molar-refractivity contribution in [3.63, 3.8) is 0 Å². The van der Waals surface area contributed by atoms with Crippen molar-refractivity contribution in [1.82, 2.24) is 14.5 Å². The SMILES string of the molecule is COc1cc2c(-c3cc4cccnc4[nH]3)cn(C)c2cc1OCC=O. The monoisotopic (exact) mass is 335 g/mol. The van der Waals surface area contributed by atoms with Crippen LogP contribution in [-0.4, -0.2) is 34.5 Å². The maximum absolute atomic E-state index is 10.6. The van der Waals surface area contributed by atoms with Gasteiger partial charge in [0, 0.05) is 47.5 Å². The summed E-state index contributed by atoms with van der Waals surface area (Å²) in [6, 6.07) is 9.86. The van der Waals surface area contributed by atoms with Crippen LogP contribution in [0.1, 0.15) is 0 Å². The van der Waals surface area contributed by atoms with Crippen molar-refractivity contribution in [2.24, 2.45) is 7.05 Å². The predicted octanol–water partition coefficient (Wildman–Crippen LogP) is 3.31. The molecule has 0 aliphatic carbocycles. The van der Waals surface area contributed by atoms with E-state index in [2.05, 4.69) is 22.2 Å². The summed E-state index contributed by atoms with van der Waals surface area (Å²) >= 11 is 0. The van der Waals surface area contributed by atoms with Crippen LogP contribution >= 0.6 is 0 Å². The number of hydrogen-bond donors (Lipinski definition) is 1. The zero-order valence-electron chi connectivity index (χ0n) is 13.9. The van der Waals surface area contributed by atoms with Gasteiger partial charge in [0.05, 0.1) is 12.6 Å². The van der Waals surface area contributed by atoms with Crippen molar-refractivity contribution in [3.05, 3.63) is 42.7 Å². The summed E-state index contributed by atoms with van der Waals surface area (Å²) < 4.78 is 12.9. The second-order valence-electron chi connectivity index (χ2n) is 5.78. The van der Waals surface area contributed by atoms with Crippen LogP contribution in [0.4, 0.5) is 0 Å². The third-order valence-electron chi connectivity index (χ3n) is 4.26. The number of methoxy groups -OCH3 is 1. The maximum atomic E-state index is 10.6. The summed E-state index contributed by atoms with van der Waals surface area (Å²) in [5, 5.41) is 2.09. The second kappa shape index (κ2) is 5.98. The van der Waals surface area contributed by atoms with Crippen LogP contribution in [0, 0.1) is 0 Å². The van der Waals surface area contributed by atoms with E-state index in [0.717, 1.165) is 39.5 Å². The molecule has 25 heavy (non-hydrogen) atoms. The van der Waals surface area contributed by atoms with Crippen LogP contribution in [0.3, 0.4) is 0 Å². The normalized spacial score (nSPS) is 11.1. The molecular weight excluding hydrogens is 318 g/mol. The Morgan fingerprint density at radius 1 is 1.28 bits per heavy atom. The molecule has 6 nitrogen and oxygen atoms in total. The number of carbonyl (C=O) groups excluding carboxylic acids is 1. The number of aryl methyl sites for hydroxylation is 1. The van der Waals surface area contributed by atoms with Crippen molar-refractivity contribution < 1.29 is 14.3 Å². The summed E-state index contributed by atoms with van der Waals surface area (Å²) in [6.45, 7) is -0.00711. The lowest BCUT2D eigenvalue weighted by molar-refractivity contribution is -0.109. The van der Waals surface area contributed by atoms with Gasteiger partial charge < -0.3 is 19.0 Å². The molecule has 3 aromatic heterocycles. The van der Waals surface area contributed by atoms with Crippen molar-refractivity contribution in [2.45, 2.75) is 0 Å². The molecule has 3 heterocycles. The van der Waals surface area contributed by atoms with Gasteiger partial charge in [-0.3, -0.25) is 4.79 Å². The fourth-order valence-corrected chi connectivity index (χ4v) is 3.10. The number of aldehydes is 1. The molecule has 0 saturated carbocycles. The molecule has 1 N–H and O–H groups in total. The van der Waals surface area contributed by atoms with Crippen LogP contribution in [0.25, 0.3) is 33.2 Å². The van der Waals surface area contributed by atoms with E-state index >= 15 is 0 Å². The number of aromatic nitrogens is 3. The fourth-order valence-electron chi connectivity index (χ4n) is 3.10. The number of benzene rings is 1. The molecule has 6 heteroatoms. The molecule has 0 amide bonds. The van der Waals surface area contributed by atoms with Crippen LogP contribution in [-0.2, 0) is 11.8 Å². The van der Waals surface area contributed by atoms with Gasteiger partial charge in [-0.05, 0) is 24.3 Å². The third kappa shape index (κ3) is 2.52. The van der Waals surface area contributed by atoms with Gasteiger partial charge in [-0.1, -0.05) is 0 Å². The van der Waals surface area contributed by atoms with Crippen molar-refractivity contribution in [1.29, 1.82) is 0 Å². The highest BCUT2D eigenvalue weighted by Gasteiger charge is 2.15. The Morgan fingerprint density at radius 3 is 2.92 bits per heavy atom. The minimum atomic E-state index is -0.00711. The topological polar surface area (TPSA) is 69.1 Å². The van der Waals surface area contributed by atoms with E-state index in [1.54, 1.807) is 13.3 Å². The van der Waals surface area contributed by atoms with Crippen molar-refractivity contribution in [2.75, 3.05) is 13.7 Å². The molecule has 4 aromatic rings. The first-order valence-corrected chi connectivity index (χ1v) is 7.89. The Balaban J connectivity index is 1.91. The van der Waals surface area contributed by atoms with Gasteiger partial charge in [-0.15, -0.1) is 0 Å². The minimum absolute atomic E-state index is 0.00711. The first-order chi connectivity index (χ1) is 12.2. The van der Waals surface area contributed by atoms with Gasteiger partial charge in [-0.2, -0.15) is 0 Å². The molecule has 126 valence electrons. The van der Waals surface area contributed by atoms with Gasteiger partial charge in [0.25, 0.3) is 0 Å². The number of aromatic amines is 1. The van der Waals surface area contributed by atoms with E-state index in [0.29, 0.717) is 11.5 Å². The number of fused-ring (bicyclic) bond motifs is 2. The van der Waals surface area contributed by atoms with E-state index in [1.165, 1.54) is 0 Å². The quantitative estimate of drug-likeness (QED) is 0.568. The molecule has 0 aliphatic heterocycles. The van der Waals surface area contributed by atoms with Gasteiger partial charge in [0.15, 0.2) is 17.8 Å². The van der Waals surface area contributed by atoms with Crippen LogP contribution < -0.4 is 9.47 Å². The molecule has 1 aromatic carbocycles. The predicted molar refractivity (Wildman–Crippen MR) is 96.1 cm³/mol. The largest absolute Gasteiger partial charge is 0.493 e. The molecule has 0 radical (unpaired) electrons. The molecular formula is C19H17N3O3. The smallest absolute Gasteiger partial charge is 0.163 e. The Labute approximate surface area is 144 Å². The highest BCUT2D eigenvalue weighted by Crippen LogP contribution is 2.38. The Hall–Kier alpha value is -3.28. The highest BCUT2D eigenvalue weighted by atomic mass is 16.5. The zero-order valence-corrected chi connectivity index (χ0v) is 13.9. The number of nitrogens with one attached hydrogen (secondary N) is 1. The third-order valence-corrected chi connectivity index (χ3v) is 4.26. The Kier molecular flexibility index (Phi) is 3.65. The average Bonchev–Trinajstić information content (AvgIpc) is 3.20. The summed E-state index contributed by atoms with van der Waals surface area (Å²) in [7, 11) is 3.56. The van der Waals surface area contributed by atoms with Crippen molar-refractivity contribution in [3.8, 4) is 22.8 Å². The van der Waals surface area contributed by atoms with Gasteiger partial charge in [-0.25, -0.2) is 4.98 Å². The first-order valence-electron chi connectivity index (χ1n) is 7.89. The van der Waals surface area contributed by atoms with Crippen LogP contribution in [0.5, 0.6) is 11.5 Å². The molecule has 4 rings (SSSR count). The average molecular weight is 335 g/mol. The van der Waals surface area contributed by atoms with E-state index in [9.17, 15) is 4.79 Å². The fraction of sp³-hybridized carbons (Fsp3) is 0.158. The van der Waals surface area contributed by atoms with Gasteiger partial charge in [0.2, 0.25) is 0 Å². The first kappa shape index (κ1) is 15.3. The summed E-state index contributed by atoms with van der Waals surface area (Å²) in [5.74, 6) is 1.14. The lowest BCUT2D eigenvalue weighted by Gasteiger charge is -2.10. The number of ether oxygens (including phenoxy) is 2. The van der Waals surface area contributed by atoms with Gasteiger partial charge >= 0.3 is 0 Å². The van der Waals surface area contributed by atoms with E-state index in [4.69, 9.17) is 9.47 Å². The summed E-state index contributed by atoms with van der Waals surface area (Å²) in [5.41, 5.74) is 3.88. The van der Waals surface area contributed by atoms with E-state index in [1.807, 2.05) is 35.9 Å². The lowest BCUT2D eigenvalue weighted by Crippen LogP contribution is -2.00. The molecule has 0 unspecified atom stereocenters. The Bertz CT molecular complexity index is 1050. The molecule has 0 spiro atoms. The summed E-state index contributed by atoms with van der Waals surface area (Å²) in [4.78, 5) is 18.3. The van der Waals surface area contributed by atoms with Crippen LogP contribution in [0.2, 0.25) is 0 Å². The number of rotatable bonds is 5. The standard InChI is InChI=1S/C19H17N3O3/c1-22-11-14(15-8-12-4-3-5-20-19(12)21-15)13-9-17(24-2)18(10-16(13)22)25-7-6-23/h3-6,8-11H,7H2,1-2H3,(H,20,21). The van der Waals surface area contributed by atoms with Crippen molar-refractivity contribution >= 4 is 28.2 Å². The zero-order chi connectivity index (χ0) is 17.4. The van der Waals surface area contributed by atoms with Gasteiger partial charge in [0.1, 0.15) is 12.3 Å². The summed E-state index contributed by atoms with van der Waals surface area (Å²) in [6.07, 6.45) is 4.54. The number of hydrogen-bond acceptors (Lipinski definition) is 4. The minimum Gasteiger partial charge on any atom is -0.493 e. The molecule has 0 aliphatic rings. The number of pyridine rings is 1. The molecule has 0 bridgehead atoms. The molecule has 0 saturated heterocycles. The Morgan fingerprint density at radius 2 is 2.16 bits per heavy atom. The molecule has 0 atom stereocenters. The van der Waals surface area contributed by atoms with Crippen LogP contribution in [0.15, 0.2) is 42.7 Å². The van der Waals surface area contributed by atoms with E-state index < -0.39 is 0 Å². The maximum Gasteiger partial charge on any atom is 0.163 e. The molecule has 0 fully saturated rings.